The smallest absolute Gasteiger partial charge is 0.225 e. The van der Waals surface area contributed by atoms with Crippen molar-refractivity contribution in [2.45, 2.75) is 25.3 Å². The molecule has 1 aromatic heterocycles. The molecule has 6 nitrogen and oxygen atoms in total. The summed E-state index contributed by atoms with van der Waals surface area (Å²) < 4.78 is 0. The zero-order chi connectivity index (χ0) is 17.5. The van der Waals surface area contributed by atoms with E-state index in [4.69, 9.17) is 0 Å². The van der Waals surface area contributed by atoms with Crippen molar-refractivity contribution in [2.24, 2.45) is 5.92 Å². The lowest BCUT2D eigenvalue weighted by Crippen LogP contribution is -2.42. The zero-order valence-corrected chi connectivity index (χ0v) is 14.2. The van der Waals surface area contributed by atoms with E-state index in [1.807, 2.05) is 30.3 Å². The van der Waals surface area contributed by atoms with E-state index in [0.717, 1.165) is 37.4 Å². The third-order valence-electron chi connectivity index (χ3n) is 4.64. The van der Waals surface area contributed by atoms with Gasteiger partial charge >= 0.3 is 0 Å². The first kappa shape index (κ1) is 17.4. The van der Waals surface area contributed by atoms with Gasteiger partial charge < -0.3 is 15.3 Å². The van der Waals surface area contributed by atoms with E-state index >= 15 is 0 Å². The third-order valence-corrected chi connectivity index (χ3v) is 4.64. The van der Waals surface area contributed by atoms with Gasteiger partial charge in [0.1, 0.15) is 0 Å². The Balaban J connectivity index is 1.56. The molecule has 2 aromatic rings. The molecule has 3 rings (SSSR count). The fourth-order valence-corrected chi connectivity index (χ4v) is 3.22. The molecule has 0 bridgehead atoms. The first-order valence-corrected chi connectivity index (χ1v) is 8.76. The lowest BCUT2D eigenvalue weighted by atomic mass is 9.94. The number of benzene rings is 1. The minimum atomic E-state index is -0.144. The molecule has 1 aliphatic rings. The molecule has 1 saturated heterocycles. The number of carbonyl (C=O) groups excluding carboxylic acids is 1. The number of rotatable bonds is 6. The first-order chi connectivity index (χ1) is 12.3. The number of nitrogens with one attached hydrogen (secondary N) is 1. The van der Waals surface area contributed by atoms with Crippen molar-refractivity contribution in [3.63, 3.8) is 0 Å². The number of amides is 1. The standard InChI is InChI=1S/C19H24N4O2/c24-14-9-17(15-5-2-1-3-6-15)22-18(25)16-7-12-23(13-8-16)19-20-10-4-11-21-19/h1-6,10-11,16-17,24H,7-9,12-14H2,(H,22,25). The number of carbonyl (C=O) groups is 1. The number of hydrogen-bond donors (Lipinski definition) is 2. The van der Waals surface area contributed by atoms with Crippen LogP contribution in [-0.2, 0) is 4.79 Å². The number of aliphatic hydroxyl groups is 1. The Morgan fingerprint density at radius 3 is 2.48 bits per heavy atom. The Hall–Kier alpha value is -2.47. The van der Waals surface area contributed by atoms with Gasteiger partial charge in [0.05, 0.1) is 6.04 Å². The van der Waals surface area contributed by atoms with Crippen LogP contribution in [0.15, 0.2) is 48.8 Å². The quantitative estimate of drug-likeness (QED) is 0.840. The predicted octanol–water partition coefficient (Wildman–Crippen LogP) is 1.93. The molecule has 0 spiro atoms. The van der Waals surface area contributed by atoms with Gasteiger partial charge in [-0.25, -0.2) is 9.97 Å². The maximum absolute atomic E-state index is 12.7. The first-order valence-electron chi connectivity index (χ1n) is 8.76. The van der Waals surface area contributed by atoms with E-state index in [2.05, 4.69) is 20.2 Å². The van der Waals surface area contributed by atoms with Crippen LogP contribution in [-0.4, -0.2) is 40.7 Å². The van der Waals surface area contributed by atoms with Crippen LogP contribution in [0, 0.1) is 5.92 Å². The number of nitrogens with zero attached hydrogens (tertiary/aromatic N) is 3. The number of piperidine rings is 1. The fourth-order valence-electron chi connectivity index (χ4n) is 3.22. The summed E-state index contributed by atoms with van der Waals surface area (Å²) in [6.07, 6.45) is 5.56. The molecule has 1 amide bonds. The molecule has 1 atom stereocenters. The van der Waals surface area contributed by atoms with Gasteiger partial charge in [0, 0.05) is 38.0 Å². The molecule has 132 valence electrons. The van der Waals surface area contributed by atoms with E-state index in [0.29, 0.717) is 6.42 Å². The topological polar surface area (TPSA) is 78.4 Å². The van der Waals surface area contributed by atoms with Crippen LogP contribution < -0.4 is 10.2 Å². The molecule has 6 heteroatoms. The van der Waals surface area contributed by atoms with Crippen molar-refractivity contribution >= 4 is 11.9 Å². The number of aliphatic hydroxyl groups excluding tert-OH is 1. The van der Waals surface area contributed by atoms with Crippen molar-refractivity contribution < 1.29 is 9.90 Å². The van der Waals surface area contributed by atoms with Crippen LogP contribution in [0.25, 0.3) is 0 Å². The lowest BCUT2D eigenvalue weighted by Gasteiger charge is -2.32. The maximum atomic E-state index is 12.7. The van der Waals surface area contributed by atoms with E-state index < -0.39 is 0 Å². The molecule has 1 unspecified atom stereocenters. The van der Waals surface area contributed by atoms with Crippen molar-refractivity contribution in [2.75, 3.05) is 24.6 Å². The number of hydrogen-bond acceptors (Lipinski definition) is 5. The van der Waals surface area contributed by atoms with Crippen molar-refractivity contribution in [1.29, 1.82) is 0 Å². The van der Waals surface area contributed by atoms with E-state index in [1.165, 1.54) is 0 Å². The summed E-state index contributed by atoms with van der Waals surface area (Å²) in [5, 5.41) is 12.4. The summed E-state index contributed by atoms with van der Waals surface area (Å²) in [4.78, 5) is 23.3. The van der Waals surface area contributed by atoms with Crippen molar-refractivity contribution in [3.8, 4) is 0 Å². The molecule has 25 heavy (non-hydrogen) atoms. The highest BCUT2D eigenvalue weighted by molar-refractivity contribution is 5.79. The van der Waals surface area contributed by atoms with Gasteiger partial charge in [0.2, 0.25) is 11.9 Å². The summed E-state index contributed by atoms with van der Waals surface area (Å²) in [6, 6.07) is 11.5. The lowest BCUT2D eigenvalue weighted by molar-refractivity contribution is -0.126. The van der Waals surface area contributed by atoms with Gasteiger partial charge in [-0.3, -0.25) is 4.79 Å². The van der Waals surface area contributed by atoms with Crippen LogP contribution in [0.1, 0.15) is 30.9 Å². The SMILES string of the molecule is O=C(NC(CCO)c1ccccc1)C1CCN(c2ncccn2)CC1. The van der Waals surface area contributed by atoms with E-state index in [-0.39, 0.29) is 24.5 Å². The van der Waals surface area contributed by atoms with Gasteiger partial charge in [-0.2, -0.15) is 0 Å². The van der Waals surface area contributed by atoms with Crippen molar-refractivity contribution in [3.05, 3.63) is 54.4 Å². The predicted molar refractivity (Wildman–Crippen MR) is 96.0 cm³/mol. The van der Waals surface area contributed by atoms with Gasteiger partial charge in [-0.15, -0.1) is 0 Å². The van der Waals surface area contributed by atoms with Gasteiger partial charge in [0.25, 0.3) is 0 Å². The van der Waals surface area contributed by atoms with Crippen LogP contribution in [0.5, 0.6) is 0 Å². The summed E-state index contributed by atoms with van der Waals surface area (Å²) in [7, 11) is 0. The second-order valence-electron chi connectivity index (χ2n) is 6.29. The molecule has 2 N–H and O–H groups in total. The maximum Gasteiger partial charge on any atom is 0.225 e. The van der Waals surface area contributed by atoms with Crippen LogP contribution in [0.4, 0.5) is 5.95 Å². The molecule has 0 radical (unpaired) electrons. The summed E-state index contributed by atoms with van der Waals surface area (Å²) in [6.45, 7) is 1.60. The average molecular weight is 340 g/mol. The molecule has 2 heterocycles. The molecule has 0 saturated carbocycles. The highest BCUT2D eigenvalue weighted by Crippen LogP contribution is 2.23. The van der Waals surface area contributed by atoms with Gasteiger partial charge in [-0.1, -0.05) is 30.3 Å². The average Bonchev–Trinajstić information content (AvgIpc) is 2.69. The number of aromatic nitrogens is 2. The molecular weight excluding hydrogens is 316 g/mol. The Kier molecular flexibility index (Phi) is 5.95. The Bertz CT molecular complexity index is 658. The Morgan fingerprint density at radius 1 is 1.16 bits per heavy atom. The fraction of sp³-hybridized carbons (Fsp3) is 0.421. The molecule has 1 aliphatic heterocycles. The Labute approximate surface area is 147 Å². The number of anilines is 1. The molecular formula is C19H24N4O2. The molecule has 1 aromatic carbocycles. The van der Waals surface area contributed by atoms with E-state index in [1.54, 1.807) is 18.5 Å². The molecule has 0 aliphatic carbocycles. The second-order valence-corrected chi connectivity index (χ2v) is 6.29. The van der Waals surface area contributed by atoms with Crippen LogP contribution in [0.3, 0.4) is 0 Å². The summed E-state index contributed by atoms with van der Waals surface area (Å²) >= 11 is 0. The second kappa shape index (κ2) is 8.58. The van der Waals surface area contributed by atoms with Gasteiger partial charge in [-0.05, 0) is 30.9 Å². The zero-order valence-electron chi connectivity index (χ0n) is 14.2. The third kappa shape index (κ3) is 4.54. The van der Waals surface area contributed by atoms with E-state index in [9.17, 15) is 9.90 Å². The summed E-state index contributed by atoms with van der Waals surface area (Å²) in [5.41, 5.74) is 1.03. The molecule has 1 fully saturated rings. The minimum Gasteiger partial charge on any atom is -0.396 e. The Morgan fingerprint density at radius 2 is 1.84 bits per heavy atom. The monoisotopic (exact) mass is 340 g/mol. The van der Waals surface area contributed by atoms with Gasteiger partial charge in [0.15, 0.2) is 0 Å². The highest BCUT2D eigenvalue weighted by Gasteiger charge is 2.27. The summed E-state index contributed by atoms with van der Waals surface area (Å²) in [5.74, 6) is 0.782. The minimum absolute atomic E-state index is 0.00938. The van der Waals surface area contributed by atoms with Crippen molar-refractivity contribution in [1.82, 2.24) is 15.3 Å². The van der Waals surface area contributed by atoms with Crippen LogP contribution >= 0.6 is 0 Å². The highest BCUT2D eigenvalue weighted by atomic mass is 16.3. The largest absolute Gasteiger partial charge is 0.396 e. The van der Waals surface area contributed by atoms with Crippen LogP contribution in [0.2, 0.25) is 0 Å². The normalized spacial score (nSPS) is 16.4.